The molecule has 0 N–H and O–H groups in total. The maximum absolute atomic E-state index is 11.9. The second kappa shape index (κ2) is 6.32. The lowest BCUT2D eigenvalue weighted by Gasteiger charge is -2.44. The fourth-order valence-corrected chi connectivity index (χ4v) is 4.17. The maximum atomic E-state index is 11.9. The summed E-state index contributed by atoms with van der Waals surface area (Å²) in [6.07, 6.45) is 3.95. The molecule has 0 radical (unpaired) electrons. The molecule has 0 aromatic carbocycles. The minimum absolute atomic E-state index is 0.297. The predicted molar refractivity (Wildman–Crippen MR) is 84.2 cm³/mol. The van der Waals surface area contributed by atoms with E-state index in [9.17, 15) is 4.79 Å². The highest BCUT2D eigenvalue weighted by molar-refractivity contribution is 7.15. The van der Waals surface area contributed by atoms with Crippen molar-refractivity contribution in [1.29, 1.82) is 0 Å². The molecule has 1 atom stereocenters. The number of piperazine rings is 1. The first-order valence-electron chi connectivity index (χ1n) is 7.82. The van der Waals surface area contributed by atoms with Crippen LogP contribution in [0.2, 0.25) is 0 Å². The van der Waals surface area contributed by atoms with Gasteiger partial charge in [0.25, 0.3) is 0 Å². The minimum atomic E-state index is -0.297. The van der Waals surface area contributed by atoms with Gasteiger partial charge in [-0.3, -0.25) is 4.90 Å². The van der Waals surface area contributed by atoms with Crippen LogP contribution in [0, 0.1) is 6.92 Å². The number of anilines is 1. The standard InChI is InChI=1S/C15H23N3O2S/c1-3-20-14(19)13-11(2)21-15(16-13)18-9-8-17-7-5-4-6-12(17)10-18/h12H,3-10H2,1-2H3. The number of nitrogens with zero attached hydrogens (tertiary/aromatic N) is 3. The number of carbonyl (C=O) groups excluding carboxylic acids is 1. The molecule has 2 saturated heterocycles. The molecule has 5 nitrogen and oxygen atoms in total. The third-order valence-corrected chi connectivity index (χ3v) is 5.39. The van der Waals surface area contributed by atoms with E-state index in [1.807, 2.05) is 13.8 Å². The van der Waals surface area contributed by atoms with Gasteiger partial charge in [-0.05, 0) is 33.2 Å². The van der Waals surface area contributed by atoms with E-state index in [-0.39, 0.29) is 5.97 Å². The molecule has 1 unspecified atom stereocenters. The third kappa shape index (κ3) is 3.06. The van der Waals surface area contributed by atoms with E-state index >= 15 is 0 Å². The lowest BCUT2D eigenvalue weighted by atomic mass is 10.00. The Kier molecular flexibility index (Phi) is 4.45. The monoisotopic (exact) mass is 309 g/mol. The third-order valence-electron chi connectivity index (χ3n) is 4.36. The first-order valence-corrected chi connectivity index (χ1v) is 8.64. The van der Waals surface area contributed by atoms with Crippen LogP contribution in [-0.2, 0) is 4.74 Å². The number of aryl methyl sites for hydroxylation is 1. The van der Waals surface area contributed by atoms with Gasteiger partial charge >= 0.3 is 5.97 Å². The van der Waals surface area contributed by atoms with Gasteiger partial charge < -0.3 is 9.64 Å². The second-order valence-corrected chi connectivity index (χ2v) is 6.93. The highest BCUT2D eigenvalue weighted by Crippen LogP contribution is 2.30. The van der Waals surface area contributed by atoms with Crippen molar-refractivity contribution in [2.75, 3.05) is 37.7 Å². The van der Waals surface area contributed by atoms with Crippen LogP contribution in [-0.4, -0.2) is 54.7 Å². The lowest BCUT2D eigenvalue weighted by molar-refractivity contribution is 0.0519. The number of fused-ring (bicyclic) bond motifs is 1. The number of carbonyl (C=O) groups is 1. The molecule has 3 rings (SSSR count). The Labute approximate surface area is 129 Å². The molecule has 1 aromatic heterocycles. The van der Waals surface area contributed by atoms with Gasteiger partial charge in [-0.15, -0.1) is 11.3 Å². The number of rotatable bonds is 3. The molecule has 0 saturated carbocycles. The van der Waals surface area contributed by atoms with E-state index in [4.69, 9.17) is 4.74 Å². The molecule has 2 aliphatic rings. The Hall–Kier alpha value is -1.14. The SMILES string of the molecule is CCOC(=O)c1nc(N2CCN3CCCCC3C2)sc1C. The summed E-state index contributed by atoms with van der Waals surface area (Å²) in [7, 11) is 0. The number of aromatic nitrogens is 1. The normalized spacial score (nSPS) is 23.0. The zero-order valence-electron chi connectivity index (χ0n) is 12.8. The Balaban J connectivity index is 1.72. The largest absolute Gasteiger partial charge is 0.461 e. The number of ether oxygens (including phenoxy) is 1. The Morgan fingerprint density at radius 2 is 2.24 bits per heavy atom. The van der Waals surface area contributed by atoms with Crippen LogP contribution in [0.5, 0.6) is 0 Å². The summed E-state index contributed by atoms with van der Waals surface area (Å²) < 4.78 is 5.07. The van der Waals surface area contributed by atoms with Gasteiger partial charge in [0.2, 0.25) is 0 Å². The summed E-state index contributed by atoms with van der Waals surface area (Å²) in [5, 5.41) is 0.973. The number of esters is 1. The average Bonchev–Trinajstić information content (AvgIpc) is 2.89. The van der Waals surface area contributed by atoms with Crippen molar-refractivity contribution in [3.8, 4) is 0 Å². The number of hydrogen-bond acceptors (Lipinski definition) is 6. The Morgan fingerprint density at radius 3 is 3.05 bits per heavy atom. The molecule has 0 bridgehead atoms. The molecule has 2 fully saturated rings. The minimum Gasteiger partial charge on any atom is -0.461 e. The molecule has 0 spiro atoms. The molecule has 0 aliphatic carbocycles. The molecular weight excluding hydrogens is 286 g/mol. The van der Waals surface area contributed by atoms with Crippen LogP contribution in [0.4, 0.5) is 5.13 Å². The summed E-state index contributed by atoms with van der Waals surface area (Å²) in [5.74, 6) is -0.297. The Morgan fingerprint density at radius 1 is 1.38 bits per heavy atom. The van der Waals surface area contributed by atoms with Gasteiger partial charge in [0.1, 0.15) is 0 Å². The summed E-state index contributed by atoms with van der Waals surface area (Å²) in [6.45, 7) is 8.56. The van der Waals surface area contributed by atoms with E-state index in [2.05, 4.69) is 14.8 Å². The second-order valence-electron chi connectivity index (χ2n) is 5.75. The first-order chi connectivity index (χ1) is 10.2. The van der Waals surface area contributed by atoms with Crippen molar-refractivity contribution >= 4 is 22.4 Å². The van der Waals surface area contributed by atoms with Crippen molar-refractivity contribution < 1.29 is 9.53 Å². The summed E-state index contributed by atoms with van der Waals surface area (Å²) in [5.41, 5.74) is 0.489. The first kappa shape index (κ1) is 14.8. The molecule has 2 aliphatic heterocycles. The molecule has 0 amide bonds. The van der Waals surface area contributed by atoms with Crippen molar-refractivity contribution in [3.05, 3.63) is 10.6 Å². The molecule has 3 heterocycles. The topological polar surface area (TPSA) is 45.7 Å². The van der Waals surface area contributed by atoms with E-state index in [0.29, 0.717) is 18.3 Å². The van der Waals surface area contributed by atoms with Gasteiger partial charge in [-0.25, -0.2) is 9.78 Å². The molecule has 116 valence electrons. The number of thiazole rings is 1. The van der Waals surface area contributed by atoms with Gasteiger partial charge in [0.05, 0.1) is 6.61 Å². The van der Waals surface area contributed by atoms with Crippen LogP contribution in [0.15, 0.2) is 0 Å². The molecule has 1 aromatic rings. The van der Waals surface area contributed by atoms with Gasteiger partial charge in [-0.1, -0.05) is 6.42 Å². The van der Waals surface area contributed by atoms with Gasteiger partial charge in [-0.2, -0.15) is 0 Å². The fourth-order valence-electron chi connectivity index (χ4n) is 3.24. The molecule has 21 heavy (non-hydrogen) atoms. The average molecular weight is 309 g/mol. The van der Waals surface area contributed by atoms with Crippen molar-refractivity contribution in [2.24, 2.45) is 0 Å². The zero-order valence-corrected chi connectivity index (χ0v) is 13.6. The van der Waals surface area contributed by atoms with E-state index < -0.39 is 0 Å². The zero-order chi connectivity index (χ0) is 14.8. The van der Waals surface area contributed by atoms with Crippen LogP contribution >= 0.6 is 11.3 Å². The van der Waals surface area contributed by atoms with E-state index in [1.165, 1.54) is 25.8 Å². The Bertz CT molecular complexity index is 517. The van der Waals surface area contributed by atoms with E-state index in [1.54, 1.807) is 11.3 Å². The highest BCUT2D eigenvalue weighted by Gasteiger charge is 2.30. The van der Waals surface area contributed by atoms with Crippen LogP contribution in [0.3, 0.4) is 0 Å². The smallest absolute Gasteiger partial charge is 0.358 e. The highest BCUT2D eigenvalue weighted by atomic mass is 32.1. The van der Waals surface area contributed by atoms with Crippen LogP contribution in [0.1, 0.15) is 41.6 Å². The van der Waals surface area contributed by atoms with Gasteiger partial charge in [0, 0.05) is 30.6 Å². The number of hydrogen-bond donors (Lipinski definition) is 0. The van der Waals surface area contributed by atoms with Crippen molar-refractivity contribution in [1.82, 2.24) is 9.88 Å². The number of piperidine rings is 1. The van der Waals surface area contributed by atoms with Gasteiger partial charge in [0.15, 0.2) is 10.8 Å². The predicted octanol–water partition coefficient (Wildman–Crippen LogP) is 2.30. The van der Waals surface area contributed by atoms with E-state index in [0.717, 1.165) is 29.6 Å². The lowest BCUT2D eigenvalue weighted by Crippen LogP contribution is -2.54. The van der Waals surface area contributed by atoms with Crippen LogP contribution in [0.25, 0.3) is 0 Å². The summed E-state index contributed by atoms with van der Waals surface area (Å²) in [4.78, 5) is 22.3. The summed E-state index contributed by atoms with van der Waals surface area (Å²) >= 11 is 1.61. The quantitative estimate of drug-likeness (QED) is 0.802. The van der Waals surface area contributed by atoms with Crippen molar-refractivity contribution in [3.63, 3.8) is 0 Å². The molecular formula is C15H23N3O2S. The maximum Gasteiger partial charge on any atom is 0.358 e. The summed E-state index contributed by atoms with van der Waals surface area (Å²) in [6, 6.07) is 0.655. The fraction of sp³-hybridized carbons (Fsp3) is 0.733. The molecule has 6 heteroatoms. The van der Waals surface area contributed by atoms with Crippen LogP contribution < -0.4 is 4.90 Å². The van der Waals surface area contributed by atoms with Crippen molar-refractivity contribution in [2.45, 2.75) is 39.2 Å².